The maximum Gasteiger partial charge on any atom is 0.157 e. The average Bonchev–Trinajstić information content (AvgIpc) is 2.08. The molecule has 3 heteroatoms. The van der Waals surface area contributed by atoms with Crippen LogP contribution in [-0.4, -0.2) is 15.3 Å². The monoisotopic (exact) mass is 168 g/mol. The summed E-state index contributed by atoms with van der Waals surface area (Å²) in [6.07, 6.45) is 0.0148. The van der Waals surface area contributed by atoms with E-state index in [1.54, 1.807) is 6.07 Å². The van der Waals surface area contributed by atoms with E-state index < -0.39 is 6.10 Å². The van der Waals surface area contributed by atoms with Crippen molar-refractivity contribution in [2.45, 2.75) is 19.4 Å². The van der Waals surface area contributed by atoms with E-state index in [1.807, 2.05) is 6.92 Å². The number of phenols is 2. The van der Waals surface area contributed by atoms with Crippen LogP contribution in [0.25, 0.3) is 0 Å². The van der Waals surface area contributed by atoms with Crippen LogP contribution < -0.4 is 0 Å². The van der Waals surface area contributed by atoms with Gasteiger partial charge in [-0.05, 0) is 24.1 Å². The molecule has 66 valence electrons. The number of phenolic OH excluding ortho intramolecular Hbond substituents is 2. The lowest BCUT2D eigenvalue weighted by atomic mass is 10.1. The van der Waals surface area contributed by atoms with Crippen molar-refractivity contribution in [2.24, 2.45) is 0 Å². The molecular weight excluding hydrogens is 156 g/mol. The molecule has 0 bridgehead atoms. The molecule has 1 atom stereocenters. The molecule has 0 saturated carbocycles. The van der Waals surface area contributed by atoms with Gasteiger partial charge in [-0.15, -0.1) is 0 Å². The standard InChI is InChI=1S/C9H12O3/c1-2-7(10)6-3-4-8(11)9(12)5-6/h3-5,7,10-12H,2H2,1H3. The van der Waals surface area contributed by atoms with Crippen LogP contribution in [-0.2, 0) is 0 Å². The molecule has 1 rings (SSSR count). The Labute approximate surface area is 70.9 Å². The fourth-order valence-corrected chi connectivity index (χ4v) is 0.983. The lowest BCUT2D eigenvalue weighted by Crippen LogP contribution is -1.93. The molecule has 0 amide bonds. The van der Waals surface area contributed by atoms with Crippen LogP contribution in [0.5, 0.6) is 11.5 Å². The van der Waals surface area contributed by atoms with Gasteiger partial charge in [-0.25, -0.2) is 0 Å². The Kier molecular flexibility index (Phi) is 2.55. The van der Waals surface area contributed by atoms with E-state index in [-0.39, 0.29) is 11.5 Å². The Morgan fingerprint density at radius 2 is 1.92 bits per heavy atom. The Morgan fingerprint density at radius 3 is 2.42 bits per heavy atom. The molecular formula is C9H12O3. The highest BCUT2D eigenvalue weighted by Crippen LogP contribution is 2.28. The first-order valence-electron chi connectivity index (χ1n) is 3.85. The lowest BCUT2D eigenvalue weighted by Gasteiger charge is -2.08. The molecule has 0 saturated heterocycles. The number of aliphatic hydroxyl groups excluding tert-OH is 1. The summed E-state index contributed by atoms with van der Waals surface area (Å²) in [6.45, 7) is 1.84. The molecule has 1 aromatic rings. The smallest absolute Gasteiger partial charge is 0.157 e. The summed E-state index contributed by atoms with van der Waals surface area (Å²) in [6, 6.07) is 4.32. The van der Waals surface area contributed by atoms with Crippen LogP contribution in [0.3, 0.4) is 0 Å². The molecule has 0 spiro atoms. The number of benzene rings is 1. The minimum atomic E-state index is -0.573. The zero-order valence-electron chi connectivity index (χ0n) is 6.86. The van der Waals surface area contributed by atoms with Crippen molar-refractivity contribution in [1.82, 2.24) is 0 Å². The summed E-state index contributed by atoms with van der Waals surface area (Å²) in [4.78, 5) is 0. The normalized spacial score (nSPS) is 12.8. The molecule has 0 aliphatic carbocycles. The van der Waals surface area contributed by atoms with E-state index in [4.69, 9.17) is 10.2 Å². The lowest BCUT2D eigenvalue weighted by molar-refractivity contribution is 0.173. The van der Waals surface area contributed by atoms with Crippen molar-refractivity contribution in [1.29, 1.82) is 0 Å². The van der Waals surface area contributed by atoms with E-state index in [2.05, 4.69) is 0 Å². The summed E-state index contributed by atoms with van der Waals surface area (Å²) < 4.78 is 0. The van der Waals surface area contributed by atoms with Gasteiger partial charge in [0.25, 0.3) is 0 Å². The second-order valence-corrected chi connectivity index (χ2v) is 2.67. The fourth-order valence-electron chi connectivity index (χ4n) is 0.983. The fraction of sp³-hybridized carbons (Fsp3) is 0.333. The molecule has 0 fully saturated rings. The van der Waals surface area contributed by atoms with Crippen LogP contribution in [0.1, 0.15) is 25.0 Å². The van der Waals surface area contributed by atoms with Gasteiger partial charge in [-0.2, -0.15) is 0 Å². The molecule has 0 aliphatic heterocycles. The summed E-state index contributed by atoms with van der Waals surface area (Å²) in [5.74, 6) is -0.359. The van der Waals surface area contributed by atoms with Crippen molar-refractivity contribution in [3.05, 3.63) is 23.8 Å². The molecule has 0 radical (unpaired) electrons. The maximum absolute atomic E-state index is 9.35. The topological polar surface area (TPSA) is 60.7 Å². The Bertz CT molecular complexity index is 270. The SMILES string of the molecule is CCC(O)c1ccc(O)c(O)c1. The summed E-state index contributed by atoms with van der Waals surface area (Å²) in [5, 5.41) is 27.4. The highest BCUT2D eigenvalue weighted by atomic mass is 16.3. The third-order valence-electron chi connectivity index (χ3n) is 1.77. The average molecular weight is 168 g/mol. The van der Waals surface area contributed by atoms with Crippen molar-refractivity contribution < 1.29 is 15.3 Å². The second kappa shape index (κ2) is 3.45. The molecule has 0 heterocycles. The quantitative estimate of drug-likeness (QED) is 0.587. The Morgan fingerprint density at radius 1 is 1.25 bits per heavy atom. The van der Waals surface area contributed by atoms with Crippen LogP contribution in [0, 0.1) is 0 Å². The Hall–Kier alpha value is -1.22. The van der Waals surface area contributed by atoms with Crippen molar-refractivity contribution in [3.8, 4) is 11.5 Å². The van der Waals surface area contributed by atoms with Crippen LogP contribution in [0.2, 0.25) is 0 Å². The van der Waals surface area contributed by atoms with Gasteiger partial charge in [0.05, 0.1) is 6.10 Å². The van der Waals surface area contributed by atoms with E-state index in [1.165, 1.54) is 12.1 Å². The van der Waals surface area contributed by atoms with Gasteiger partial charge in [-0.1, -0.05) is 13.0 Å². The molecule has 3 nitrogen and oxygen atoms in total. The molecule has 0 aliphatic rings. The van der Waals surface area contributed by atoms with E-state index >= 15 is 0 Å². The van der Waals surface area contributed by atoms with Gasteiger partial charge >= 0.3 is 0 Å². The largest absolute Gasteiger partial charge is 0.504 e. The zero-order valence-corrected chi connectivity index (χ0v) is 6.86. The Balaban J connectivity index is 2.96. The van der Waals surface area contributed by atoms with Crippen molar-refractivity contribution in [2.75, 3.05) is 0 Å². The predicted molar refractivity (Wildman–Crippen MR) is 45.0 cm³/mol. The molecule has 0 aromatic heterocycles. The number of aliphatic hydroxyl groups is 1. The van der Waals surface area contributed by atoms with Gasteiger partial charge in [0.1, 0.15) is 0 Å². The predicted octanol–water partition coefficient (Wildman–Crippen LogP) is 1.54. The first-order chi connectivity index (χ1) is 5.65. The summed E-state index contributed by atoms with van der Waals surface area (Å²) in [7, 11) is 0. The number of hydrogen-bond donors (Lipinski definition) is 3. The van der Waals surface area contributed by atoms with E-state index in [0.29, 0.717) is 12.0 Å². The van der Waals surface area contributed by atoms with Gasteiger partial charge in [0.15, 0.2) is 11.5 Å². The third-order valence-corrected chi connectivity index (χ3v) is 1.77. The van der Waals surface area contributed by atoms with Gasteiger partial charge in [0.2, 0.25) is 0 Å². The van der Waals surface area contributed by atoms with Crippen molar-refractivity contribution >= 4 is 0 Å². The van der Waals surface area contributed by atoms with Crippen LogP contribution in [0.15, 0.2) is 18.2 Å². The van der Waals surface area contributed by atoms with Crippen LogP contribution in [0.4, 0.5) is 0 Å². The van der Waals surface area contributed by atoms with Crippen LogP contribution >= 0.6 is 0 Å². The summed E-state index contributed by atoms with van der Waals surface area (Å²) >= 11 is 0. The first-order valence-corrected chi connectivity index (χ1v) is 3.85. The maximum atomic E-state index is 9.35. The first kappa shape index (κ1) is 8.87. The molecule has 3 N–H and O–H groups in total. The third kappa shape index (κ3) is 1.68. The van der Waals surface area contributed by atoms with Gasteiger partial charge < -0.3 is 15.3 Å². The molecule has 1 unspecified atom stereocenters. The second-order valence-electron chi connectivity index (χ2n) is 2.67. The van der Waals surface area contributed by atoms with E-state index in [0.717, 1.165) is 0 Å². The van der Waals surface area contributed by atoms with Gasteiger partial charge in [0, 0.05) is 0 Å². The summed E-state index contributed by atoms with van der Waals surface area (Å²) in [5.41, 5.74) is 0.618. The van der Waals surface area contributed by atoms with Crippen molar-refractivity contribution in [3.63, 3.8) is 0 Å². The minimum absolute atomic E-state index is 0.165. The highest BCUT2D eigenvalue weighted by Gasteiger charge is 2.06. The molecule has 12 heavy (non-hydrogen) atoms. The molecule has 1 aromatic carbocycles. The van der Waals surface area contributed by atoms with E-state index in [9.17, 15) is 5.11 Å². The minimum Gasteiger partial charge on any atom is -0.504 e. The number of rotatable bonds is 2. The highest BCUT2D eigenvalue weighted by molar-refractivity contribution is 5.41. The zero-order chi connectivity index (χ0) is 9.14. The number of hydrogen-bond acceptors (Lipinski definition) is 3. The van der Waals surface area contributed by atoms with Gasteiger partial charge in [-0.3, -0.25) is 0 Å². The number of aromatic hydroxyl groups is 2.